The van der Waals surface area contributed by atoms with Crippen molar-refractivity contribution in [3.8, 4) is 5.75 Å². The quantitative estimate of drug-likeness (QED) is 0.789. The van der Waals surface area contributed by atoms with E-state index < -0.39 is 35.9 Å². The topological polar surface area (TPSA) is 49.7 Å². The van der Waals surface area contributed by atoms with E-state index >= 15 is 0 Å². The molecule has 1 aromatic carbocycles. The normalized spacial score (nSPS) is 14.6. The Labute approximate surface area is 107 Å². The van der Waals surface area contributed by atoms with Crippen LogP contribution in [-0.4, -0.2) is 28.8 Å². The Morgan fingerprint density at radius 3 is 2.50 bits per heavy atom. The predicted octanol–water partition coefficient (Wildman–Crippen LogP) is 2.45. The minimum atomic E-state index is -3.15. The first-order valence-electron chi connectivity index (χ1n) is 5.12. The van der Waals surface area contributed by atoms with E-state index in [9.17, 15) is 23.4 Å². The Hall–Kier alpha value is -0.980. The number of ether oxygens (including phenoxy) is 1. The van der Waals surface area contributed by atoms with Gasteiger partial charge in [0, 0.05) is 5.88 Å². The third-order valence-corrected chi connectivity index (χ3v) is 2.51. The van der Waals surface area contributed by atoms with Gasteiger partial charge in [0.1, 0.15) is 17.7 Å². The van der Waals surface area contributed by atoms with Crippen LogP contribution in [0.25, 0.3) is 0 Å². The van der Waals surface area contributed by atoms with Crippen LogP contribution in [0.5, 0.6) is 5.75 Å². The predicted molar refractivity (Wildman–Crippen MR) is 59.3 cm³/mol. The molecule has 0 bridgehead atoms. The second-order valence-corrected chi connectivity index (χ2v) is 3.90. The molecule has 0 fully saturated rings. The molecule has 2 N–H and O–H groups in total. The molecule has 3 nitrogen and oxygen atoms in total. The summed E-state index contributed by atoms with van der Waals surface area (Å²) in [6, 6.07) is 3.22. The molecule has 0 aliphatic rings. The molecule has 102 valence electrons. The second-order valence-electron chi connectivity index (χ2n) is 3.52. The summed E-state index contributed by atoms with van der Waals surface area (Å²) in [4.78, 5) is 0. The highest BCUT2D eigenvalue weighted by atomic mass is 35.5. The largest absolute Gasteiger partial charge is 0.434 e. The van der Waals surface area contributed by atoms with Crippen molar-refractivity contribution < 1.29 is 28.1 Å². The van der Waals surface area contributed by atoms with E-state index in [0.29, 0.717) is 0 Å². The Balaban J connectivity index is 3.04. The molecule has 18 heavy (non-hydrogen) atoms. The molecular formula is C11H12ClF3O3. The Kier molecular flexibility index (Phi) is 5.71. The molecule has 0 saturated carbocycles. The molecule has 1 aromatic rings. The van der Waals surface area contributed by atoms with Gasteiger partial charge in [-0.2, -0.15) is 8.78 Å². The van der Waals surface area contributed by atoms with Gasteiger partial charge in [-0.05, 0) is 18.6 Å². The van der Waals surface area contributed by atoms with Crippen molar-refractivity contribution in [3.05, 3.63) is 29.6 Å². The van der Waals surface area contributed by atoms with Crippen molar-refractivity contribution in [1.82, 2.24) is 0 Å². The van der Waals surface area contributed by atoms with Crippen LogP contribution >= 0.6 is 11.6 Å². The highest BCUT2D eigenvalue weighted by Crippen LogP contribution is 2.32. The SMILES string of the molecule is OC(CCCl)C(O)c1c(F)cccc1OC(F)F. The van der Waals surface area contributed by atoms with E-state index in [-0.39, 0.29) is 12.3 Å². The Bertz CT molecular complexity index is 390. The first kappa shape index (κ1) is 15.1. The van der Waals surface area contributed by atoms with Gasteiger partial charge in [0.25, 0.3) is 0 Å². The molecule has 0 spiro atoms. The van der Waals surface area contributed by atoms with Crippen molar-refractivity contribution in [2.75, 3.05) is 5.88 Å². The van der Waals surface area contributed by atoms with Crippen LogP contribution in [0.15, 0.2) is 18.2 Å². The summed E-state index contributed by atoms with van der Waals surface area (Å²) in [7, 11) is 0. The van der Waals surface area contributed by atoms with Gasteiger partial charge in [0.2, 0.25) is 0 Å². The molecule has 0 radical (unpaired) electrons. The average Bonchev–Trinajstić information content (AvgIpc) is 2.28. The maximum atomic E-state index is 13.5. The van der Waals surface area contributed by atoms with Crippen molar-refractivity contribution >= 4 is 11.6 Å². The summed E-state index contributed by atoms with van der Waals surface area (Å²) in [6.45, 7) is -3.15. The van der Waals surface area contributed by atoms with Crippen molar-refractivity contribution in [2.24, 2.45) is 0 Å². The summed E-state index contributed by atoms with van der Waals surface area (Å²) in [5, 5.41) is 19.2. The van der Waals surface area contributed by atoms with E-state index in [1.807, 2.05) is 0 Å². The zero-order valence-electron chi connectivity index (χ0n) is 9.19. The average molecular weight is 285 g/mol. The number of hydrogen-bond donors (Lipinski definition) is 2. The van der Waals surface area contributed by atoms with Gasteiger partial charge < -0.3 is 14.9 Å². The lowest BCUT2D eigenvalue weighted by Gasteiger charge is -2.20. The highest BCUT2D eigenvalue weighted by molar-refractivity contribution is 6.17. The van der Waals surface area contributed by atoms with Gasteiger partial charge in [-0.1, -0.05) is 6.07 Å². The number of alkyl halides is 3. The molecule has 0 saturated heterocycles. The zero-order chi connectivity index (χ0) is 13.7. The molecule has 0 aliphatic heterocycles. The fourth-order valence-electron chi connectivity index (χ4n) is 1.47. The standard InChI is InChI=1S/C11H12ClF3O3/c12-5-4-7(16)10(17)9-6(13)2-1-3-8(9)18-11(14)15/h1-3,7,10-11,16-17H,4-5H2. The van der Waals surface area contributed by atoms with Gasteiger partial charge >= 0.3 is 6.61 Å². The van der Waals surface area contributed by atoms with Crippen molar-refractivity contribution in [1.29, 1.82) is 0 Å². The summed E-state index contributed by atoms with van der Waals surface area (Å²) in [5.41, 5.74) is -0.504. The number of rotatable bonds is 6. The number of hydrogen-bond acceptors (Lipinski definition) is 3. The maximum Gasteiger partial charge on any atom is 0.387 e. The molecule has 7 heteroatoms. The van der Waals surface area contributed by atoms with Crippen molar-refractivity contribution in [2.45, 2.75) is 25.2 Å². The van der Waals surface area contributed by atoms with Crippen LogP contribution in [0, 0.1) is 5.82 Å². The molecule has 2 atom stereocenters. The molecule has 0 heterocycles. The number of benzene rings is 1. The van der Waals surface area contributed by atoms with Crippen LogP contribution < -0.4 is 4.74 Å². The second kappa shape index (κ2) is 6.82. The molecule has 0 aliphatic carbocycles. The lowest BCUT2D eigenvalue weighted by atomic mass is 10.0. The fourth-order valence-corrected chi connectivity index (χ4v) is 1.69. The minimum Gasteiger partial charge on any atom is -0.434 e. The molecular weight excluding hydrogens is 273 g/mol. The minimum absolute atomic E-state index is 0.00875. The summed E-state index contributed by atoms with van der Waals surface area (Å²) in [6.07, 6.45) is -3.05. The van der Waals surface area contributed by atoms with E-state index in [4.69, 9.17) is 11.6 Å². The Morgan fingerprint density at radius 2 is 1.94 bits per heavy atom. The summed E-state index contributed by atoms with van der Waals surface area (Å²) in [5.74, 6) is -1.40. The first-order valence-corrected chi connectivity index (χ1v) is 5.66. The van der Waals surface area contributed by atoms with Crippen molar-refractivity contribution in [3.63, 3.8) is 0 Å². The van der Waals surface area contributed by atoms with Crippen LogP contribution in [0.2, 0.25) is 0 Å². The smallest absolute Gasteiger partial charge is 0.387 e. The van der Waals surface area contributed by atoms with Gasteiger partial charge in [-0.25, -0.2) is 4.39 Å². The monoisotopic (exact) mass is 284 g/mol. The third-order valence-electron chi connectivity index (χ3n) is 2.29. The lowest BCUT2D eigenvalue weighted by Crippen LogP contribution is -2.21. The van der Waals surface area contributed by atoms with Gasteiger partial charge in [0.15, 0.2) is 0 Å². The number of aliphatic hydroxyl groups is 2. The van der Waals surface area contributed by atoms with Gasteiger partial charge in [0.05, 0.1) is 11.7 Å². The lowest BCUT2D eigenvalue weighted by molar-refractivity contribution is -0.0544. The van der Waals surface area contributed by atoms with E-state index in [0.717, 1.165) is 18.2 Å². The van der Waals surface area contributed by atoms with Crippen LogP contribution in [0.4, 0.5) is 13.2 Å². The van der Waals surface area contributed by atoms with Crippen LogP contribution in [-0.2, 0) is 0 Å². The first-order chi connectivity index (χ1) is 8.47. The molecule has 0 amide bonds. The zero-order valence-corrected chi connectivity index (χ0v) is 9.95. The molecule has 2 unspecified atom stereocenters. The fraction of sp³-hybridized carbons (Fsp3) is 0.455. The van der Waals surface area contributed by atoms with E-state index in [1.54, 1.807) is 0 Å². The molecule has 1 rings (SSSR count). The third kappa shape index (κ3) is 3.76. The molecule has 0 aromatic heterocycles. The van der Waals surface area contributed by atoms with E-state index in [1.165, 1.54) is 0 Å². The number of halogens is 4. The van der Waals surface area contributed by atoms with Gasteiger partial charge in [-0.3, -0.25) is 0 Å². The van der Waals surface area contributed by atoms with Crippen LogP contribution in [0.1, 0.15) is 18.1 Å². The Morgan fingerprint density at radius 1 is 1.28 bits per heavy atom. The summed E-state index contributed by atoms with van der Waals surface area (Å²) < 4.78 is 41.9. The highest BCUT2D eigenvalue weighted by Gasteiger charge is 2.26. The summed E-state index contributed by atoms with van der Waals surface area (Å²) >= 11 is 5.38. The number of aliphatic hydroxyl groups excluding tert-OH is 2. The van der Waals surface area contributed by atoms with E-state index in [2.05, 4.69) is 4.74 Å². The van der Waals surface area contributed by atoms with Gasteiger partial charge in [-0.15, -0.1) is 11.6 Å². The van der Waals surface area contributed by atoms with Crippen LogP contribution in [0.3, 0.4) is 0 Å². The maximum absolute atomic E-state index is 13.5.